The fourth-order valence-electron chi connectivity index (χ4n) is 2.71. The third-order valence-corrected chi connectivity index (χ3v) is 3.52. The molecule has 2 rings (SSSR count). The SMILES string of the molecule is CC1CCCC(OC2CCCNC2)C1. The van der Waals surface area contributed by atoms with Gasteiger partial charge in [-0.05, 0) is 38.1 Å². The van der Waals surface area contributed by atoms with Crippen molar-refractivity contribution in [2.75, 3.05) is 13.1 Å². The second kappa shape index (κ2) is 5.13. The second-order valence-electron chi connectivity index (χ2n) is 5.00. The Morgan fingerprint density at radius 1 is 1.07 bits per heavy atom. The fraction of sp³-hybridized carbons (Fsp3) is 1.00. The monoisotopic (exact) mass is 197 g/mol. The number of nitrogens with one attached hydrogen (secondary N) is 1. The van der Waals surface area contributed by atoms with E-state index < -0.39 is 0 Å². The molecule has 2 nitrogen and oxygen atoms in total. The minimum Gasteiger partial charge on any atom is -0.374 e. The van der Waals surface area contributed by atoms with Gasteiger partial charge in [0.15, 0.2) is 0 Å². The lowest BCUT2D eigenvalue weighted by Gasteiger charge is -2.32. The van der Waals surface area contributed by atoms with Crippen LogP contribution in [0.5, 0.6) is 0 Å². The Labute approximate surface area is 87.4 Å². The maximum absolute atomic E-state index is 6.14. The van der Waals surface area contributed by atoms with Crippen LogP contribution in [0.3, 0.4) is 0 Å². The molecule has 1 aliphatic heterocycles. The minimum atomic E-state index is 0.499. The normalized spacial score (nSPS) is 39.6. The molecule has 82 valence electrons. The number of ether oxygens (including phenoxy) is 1. The van der Waals surface area contributed by atoms with E-state index in [2.05, 4.69) is 12.2 Å². The average molecular weight is 197 g/mol. The van der Waals surface area contributed by atoms with Crippen LogP contribution in [0, 0.1) is 5.92 Å². The summed E-state index contributed by atoms with van der Waals surface area (Å²) in [4.78, 5) is 0. The van der Waals surface area contributed by atoms with Crippen molar-refractivity contribution in [3.05, 3.63) is 0 Å². The first-order valence-corrected chi connectivity index (χ1v) is 6.21. The first-order valence-electron chi connectivity index (χ1n) is 6.21. The number of hydrogen-bond acceptors (Lipinski definition) is 2. The van der Waals surface area contributed by atoms with Crippen LogP contribution < -0.4 is 5.32 Å². The lowest BCUT2D eigenvalue weighted by molar-refractivity contribution is -0.0469. The smallest absolute Gasteiger partial charge is 0.0703 e. The maximum atomic E-state index is 6.14. The van der Waals surface area contributed by atoms with Crippen LogP contribution in [0.1, 0.15) is 45.4 Å². The van der Waals surface area contributed by atoms with Gasteiger partial charge in [0.25, 0.3) is 0 Å². The molecule has 1 saturated carbocycles. The van der Waals surface area contributed by atoms with Gasteiger partial charge < -0.3 is 10.1 Å². The predicted octanol–water partition coefficient (Wildman–Crippen LogP) is 2.33. The molecule has 14 heavy (non-hydrogen) atoms. The highest BCUT2D eigenvalue weighted by Crippen LogP contribution is 2.27. The Hall–Kier alpha value is -0.0800. The summed E-state index contributed by atoms with van der Waals surface area (Å²) < 4.78 is 6.14. The van der Waals surface area contributed by atoms with Gasteiger partial charge in [0, 0.05) is 6.54 Å². The first-order chi connectivity index (χ1) is 6.84. The van der Waals surface area contributed by atoms with Crippen molar-refractivity contribution < 1.29 is 4.74 Å². The Balaban J connectivity index is 1.72. The topological polar surface area (TPSA) is 21.3 Å². The molecule has 2 fully saturated rings. The summed E-state index contributed by atoms with van der Waals surface area (Å²) in [6, 6.07) is 0. The lowest BCUT2D eigenvalue weighted by atomic mass is 9.88. The van der Waals surface area contributed by atoms with Crippen LogP contribution in [0.15, 0.2) is 0 Å². The highest BCUT2D eigenvalue weighted by atomic mass is 16.5. The number of hydrogen-bond donors (Lipinski definition) is 1. The Bertz CT molecular complexity index is 166. The van der Waals surface area contributed by atoms with Crippen molar-refractivity contribution in [3.63, 3.8) is 0 Å². The molecule has 0 radical (unpaired) electrons. The standard InChI is InChI=1S/C12H23NO/c1-10-4-2-5-11(8-10)14-12-6-3-7-13-9-12/h10-13H,2-9H2,1H3. The molecule has 3 atom stereocenters. The number of rotatable bonds is 2. The van der Waals surface area contributed by atoms with E-state index in [-0.39, 0.29) is 0 Å². The summed E-state index contributed by atoms with van der Waals surface area (Å²) in [5.74, 6) is 0.880. The van der Waals surface area contributed by atoms with Gasteiger partial charge in [-0.15, -0.1) is 0 Å². The van der Waals surface area contributed by atoms with Crippen molar-refractivity contribution in [2.24, 2.45) is 5.92 Å². The van der Waals surface area contributed by atoms with E-state index in [1.807, 2.05) is 0 Å². The van der Waals surface area contributed by atoms with Gasteiger partial charge in [0.2, 0.25) is 0 Å². The third kappa shape index (κ3) is 2.96. The van der Waals surface area contributed by atoms with E-state index in [4.69, 9.17) is 4.74 Å². The zero-order valence-electron chi connectivity index (χ0n) is 9.30. The van der Waals surface area contributed by atoms with Crippen LogP contribution in [-0.4, -0.2) is 25.3 Å². The number of piperidine rings is 1. The van der Waals surface area contributed by atoms with Crippen LogP contribution in [0.4, 0.5) is 0 Å². The van der Waals surface area contributed by atoms with E-state index >= 15 is 0 Å². The van der Waals surface area contributed by atoms with Crippen molar-refractivity contribution >= 4 is 0 Å². The van der Waals surface area contributed by atoms with Crippen molar-refractivity contribution in [3.8, 4) is 0 Å². The fourth-order valence-corrected chi connectivity index (χ4v) is 2.71. The van der Waals surface area contributed by atoms with Crippen LogP contribution in [0.25, 0.3) is 0 Å². The molecular formula is C12H23NO. The zero-order chi connectivity index (χ0) is 9.80. The van der Waals surface area contributed by atoms with Crippen molar-refractivity contribution in [2.45, 2.75) is 57.7 Å². The summed E-state index contributed by atoms with van der Waals surface area (Å²) in [6.07, 6.45) is 8.96. The van der Waals surface area contributed by atoms with Crippen molar-refractivity contribution in [1.82, 2.24) is 5.32 Å². The molecular weight excluding hydrogens is 174 g/mol. The highest BCUT2D eigenvalue weighted by Gasteiger charge is 2.23. The van der Waals surface area contributed by atoms with Crippen LogP contribution in [-0.2, 0) is 4.74 Å². The zero-order valence-corrected chi connectivity index (χ0v) is 9.30. The van der Waals surface area contributed by atoms with Gasteiger partial charge in [-0.1, -0.05) is 19.8 Å². The third-order valence-electron chi connectivity index (χ3n) is 3.52. The summed E-state index contributed by atoms with van der Waals surface area (Å²) in [6.45, 7) is 4.61. The molecule has 3 unspecified atom stereocenters. The Morgan fingerprint density at radius 3 is 2.64 bits per heavy atom. The molecule has 0 bridgehead atoms. The van der Waals surface area contributed by atoms with E-state index in [9.17, 15) is 0 Å². The quantitative estimate of drug-likeness (QED) is 0.733. The average Bonchev–Trinajstić information content (AvgIpc) is 2.19. The summed E-state index contributed by atoms with van der Waals surface area (Å²) in [5.41, 5.74) is 0. The van der Waals surface area contributed by atoms with Gasteiger partial charge in [0.1, 0.15) is 0 Å². The summed E-state index contributed by atoms with van der Waals surface area (Å²) in [7, 11) is 0. The summed E-state index contributed by atoms with van der Waals surface area (Å²) in [5, 5.41) is 3.41. The molecule has 0 aromatic carbocycles. The highest BCUT2D eigenvalue weighted by molar-refractivity contribution is 4.75. The summed E-state index contributed by atoms with van der Waals surface area (Å²) >= 11 is 0. The molecule has 2 aliphatic rings. The molecule has 0 aromatic rings. The van der Waals surface area contributed by atoms with Gasteiger partial charge in [0.05, 0.1) is 12.2 Å². The maximum Gasteiger partial charge on any atom is 0.0703 e. The Kier molecular flexibility index (Phi) is 3.82. The molecule has 1 N–H and O–H groups in total. The van der Waals surface area contributed by atoms with E-state index in [0.717, 1.165) is 12.5 Å². The van der Waals surface area contributed by atoms with Gasteiger partial charge in [-0.3, -0.25) is 0 Å². The van der Waals surface area contributed by atoms with E-state index in [1.54, 1.807) is 0 Å². The van der Waals surface area contributed by atoms with E-state index in [1.165, 1.54) is 45.1 Å². The first kappa shape index (κ1) is 10.4. The molecule has 1 heterocycles. The molecule has 0 spiro atoms. The van der Waals surface area contributed by atoms with Gasteiger partial charge >= 0.3 is 0 Å². The molecule has 2 heteroatoms. The molecule has 1 aliphatic carbocycles. The van der Waals surface area contributed by atoms with Gasteiger partial charge in [-0.2, -0.15) is 0 Å². The predicted molar refractivity (Wildman–Crippen MR) is 58.4 cm³/mol. The molecule has 1 saturated heterocycles. The minimum absolute atomic E-state index is 0.499. The van der Waals surface area contributed by atoms with Crippen LogP contribution >= 0.6 is 0 Å². The van der Waals surface area contributed by atoms with Gasteiger partial charge in [-0.25, -0.2) is 0 Å². The van der Waals surface area contributed by atoms with E-state index in [0.29, 0.717) is 12.2 Å². The molecule has 0 amide bonds. The Morgan fingerprint density at radius 2 is 1.93 bits per heavy atom. The van der Waals surface area contributed by atoms with Crippen LogP contribution in [0.2, 0.25) is 0 Å². The second-order valence-corrected chi connectivity index (χ2v) is 5.00. The molecule has 0 aromatic heterocycles. The lowest BCUT2D eigenvalue weighted by Crippen LogP contribution is -2.38. The largest absolute Gasteiger partial charge is 0.374 e. The van der Waals surface area contributed by atoms with Crippen molar-refractivity contribution in [1.29, 1.82) is 0 Å².